The van der Waals surface area contributed by atoms with E-state index in [9.17, 15) is 0 Å². The van der Waals surface area contributed by atoms with Crippen LogP contribution in [0.3, 0.4) is 0 Å². The number of nitrogens with one attached hydrogen (secondary N) is 2. The van der Waals surface area contributed by atoms with Crippen LogP contribution in [0.2, 0.25) is 0 Å². The molecule has 1 unspecified atom stereocenters. The van der Waals surface area contributed by atoms with E-state index >= 15 is 0 Å². The predicted octanol–water partition coefficient (Wildman–Crippen LogP) is 3.11. The maximum absolute atomic E-state index is 3.55. The molecule has 1 aromatic rings. The molecule has 0 bridgehead atoms. The lowest BCUT2D eigenvalue weighted by molar-refractivity contribution is 0.364. The smallest absolute Gasteiger partial charge is 0.0345 e. The fraction of sp³-hybridized carbons (Fsp3) is 0.600. The lowest BCUT2D eigenvalue weighted by Gasteiger charge is -2.22. The molecule has 17 heavy (non-hydrogen) atoms. The maximum Gasteiger partial charge on any atom is 0.0345 e. The molecule has 1 aliphatic rings. The number of piperidine rings is 1. The normalized spacial score (nSPS) is 20.2. The highest BCUT2D eigenvalue weighted by Crippen LogP contribution is 2.16. The van der Waals surface area contributed by atoms with Crippen molar-refractivity contribution in [3.63, 3.8) is 0 Å². The van der Waals surface area contributed by atoms with Crippen molar-refractivity contribution in [1.82, 2.24) is 5.32 Å². The van der Waals surface area contributed by atoms with E-state index in [1.54, 1.807) is 0 Å². The van der Waals surface area contributed by atoms with Crippen molar-refractivity contribution in [2.75, 3.05) is 25.0 Å². The van der Waals surface area contributed by atoms with Gasteiger partial charge in [-0.3, -0.25) is 0 Å². The third-order valence-electron chi connectivity index (χ3n) is 3.50. The average molecular weight is 232 g/mol. The van der Waals surface area contributed by atoms with Crippen LogP contribution in [-0.4, -0.2) is 19.6 Å². The summed E-state index contributed by atoms with van der Waals surface area (Å²) in [6, 6.07) is 6.68. The van der Waals surface area contributed by atoms with E-state index < -0.39 is 0 Å². The number of rotatable bonds is 4. The van der Waals surface area contributed by atoms with E-state index in [-0.39, 0.29) is 0 Å². The highest BCUT2D eigenvalue weighted by Gasteiger charge is 2.11. The summed E-state index contributed by atoms with van der Waals surface area (Å²) in [4.78, 5) is 0. The van der Waals surface area contributed by atoms with Crippen molar-refractivity contribution < 1.29 is 0 Å². The van der Waals surface area contributed by atoms with Crippen molar-refractivity contribution >= 4 is 5.69 Å². The summed E-state index contributed by atoms with van der Waals surface area (Å²) in [7, 11) is 0. The molecule has 1 fully saturated rings. The molecule has 2 N–H and O–H groups in total. The standard InChI is InChI=1S/C15H24N2/c1-12-8-13(2)10-15(9-12)17-7-5-14-4-3-6-16-11-14/h8-10,14,16-17H,3-7,11H2,1-2H3. The van der Waals surface area contributed by atoms with Gasteiger partial charge in [0.1, 0.15) is 0 Å². The molecule has 0 spiro atoms. The lowest BCUT2D eigenvalue weighted by Crippen LogP contribution is -2.30. The van der Waals surface area contributed by atoms with Gasteiger partial charge in [-0.05, 0) is 75.4 Å². The Hall–Kier alpha value is -1.02. The van der Waals surface area contributed by atoms with Crippen molar-refractivity contribution in [2.45, 2.75) is 33.1 Å². The molecule has 2 heteroatoms. The van der Waals surface area contributed by atoms with Crippen LogP contribution in [0.25, 0.3) is 0 Å². The van der Waals surface area contributed by atoms with Gasteiger partial charge in [0, 0.05) is 12.2 Å². The first-order chi connectivity index (χ1) is 8.24. The highest BCUT2D eigenvalue weighted by atomic mass is 14.9. The van der Waals surface area contributed by atoms with Crippen LogP contribution in [0.1, 0.15) is 30.4 Å². The monoisotopic (exact) mass is 232 g/mol. The van der Waals surface area contributed by atoms with Gasteiger partial charge in [-0.25, -0.2) is 0 Å². The van der Waals surface area contributed by atoms with Gasteiger partial charge < -0.3 is 10.6 Å². The third-order valence-corrected chi connectivity index (χ3v) is 3.50. The number of anilines is 1. The zero-order valence-corrected chi connectivity index (χ0v) is 11.1. The summed E-state index contributed by atoms with van der Waals surface area (Å²) in [6.07, 6.45) is 4.01. The van der Waals surface area contributed by atoms with E-state index in [1.165, 1.54) is 49.2 Å². The molecule has 0 amide bonds. The van der Waals surface area contributed by atoms with E-state index in [1.807, 2.05) is 0 Å². The Labute approximate surface area is 105 Å². The Balaban J connectivity index is 1.77. The van der Waals surface area contributed by atoms with E-state index in [4.69, 9.17) is 0 Å². The van der Waals surface area contributed by atoms with Gasteiger partial charge in [0.25, 0.3) is 0 Å². The van der Waals surface area contributed by atoms with Crippen molar-refractivity contribution in [2.24, 2.45) is 5.92 Å². The van der Waals surface area contributed by atoms with Crippen LogP contribution < -0.4 is 10.6 Å². The lowest BCUT2D eigenvalue weighted by atomic mass is 9.96. The van der Waals surface area contributed by atoms with Gasteiger partial charge in [0.15, 0.2) is 0 Å². The van der Waals surface area contributed by atoms with E-state index in [0.717, 1.165) is 12.5 Å². The molecular weight excluding hydrogens is 208 g/mol. The van der Waals surface area contributed by atoms with Crippen LogP contribution in [0.4, 0.5) is 5.69 Å². The molecule has 0 saturated carbocycles. The molecule has 94 valence electrons. The summed E-state index contributed by atoms with van der Waals surface area (Å²) in [5, 5.41) is 7.02. The van der Waals surface area contributed by atoms with E-state index in [0.29, 0.717) is 0 Å². The minimum Gasteiger partial charge on any atom is -0.385 e. The maximum atomic E-state index is 3.55. The molecule has 1 saturated heterocycles. The fourth-order valence-electron chi connectivity index (χ4n) is 2.67. The SMILES string of the molecule is Cc1cc(C)cc(NCCC2CCCNC2)c1. The quantitative estimate of drug-likeness (QED) is 0.833. The van der Waals surface area contributed by atoms with Crippen LogP contribution >= 0.6 is 0 Å². The summed E-state index contributed by atoms with van der Waals surface area (Å²) in [5.74, 6) is 0.863. The molecule has 0 radical (unpaired) electrons. The zero-order valence-electron chi connectivity index (χ0n) is 11.1. The van der Waals surface area contributed by atoms with Crippen molar-refractivity contribution in [3.05, 3.63) is 29.3 Å². The largest absolute Gasteiger partial charge is 0.385 e. The topological polar surface area (TPSA) is 24.1 Å². The van der Waals surface area contributed by atoms with Gasteiger partial charge in [-0.1, -0.05) is 6.07 Å². The molecular formula is C15H24N2. The molecule has 0 aliphatic carbocycles. The third kappa shape index (κ3) is 4.04. The summed E-state index contributed by atoms with van der Waals surface area (Å²) < 4.78 is 0. The Kier molecular flexibility index (Phi) is 4.43. The molecule has 2 rings (SSSR count). The molecule has 1 aliphatic heterocycles. The number of hydrogen-bond donors (Lipinski definition) is 2. The van der Waals surface area contributed by atoms with Gasteiger partial charge in [-0.2, -0.15) is 0 Å². The predicted molar refractivity (Wildman–Crippen MR) is 74.6 cm³/mol. The molecule has 1 aromatic carbocycles. The summed E-state index contributed by atoms with van der Waals surface area (Å²) in [5.41, 5.74) is 3.95. The number of hydrogen-bond acceptors (Lipinski definition) is 2. The first-order valence-electron chi connectivity index (χ1n) is 6.77. The van der Waals surface area contributed by atoms with Crippen LogP contribution in [0.15, 0.2) is 18.2 Å². The Morgan fingerprint density at radius 3 is 2.65 bits per heavy atom. The van der Waals surface area contributed by atoms with Gasteiger partial charge in [0.05, 0.1) is 0 Å². The zero-order chi connectivity index (χ0) is 12.1. The van der Waals surface area contributed by atoms with Crippen LogP contribution in [0.5, 0.6) is 0 Å². The average Bonchev–Trinajstić information content (AvgIpc) is 2.29. The molecule has 1 heterocycles. The van der Waals surface area contributed by atoms with Crippen LogP contribution in [0, 0.1) is 19.8 Å². The molecule has 1 atom stereocenters. The second kappa shape index (κ2) is 6.06. The van der Waals surface area contributed by atoms with Crippen molar-refractivity contribution in [1.29, 1.82) is 0 Å². The first-order valence-corrected chi connectivity index (χ1v) is 6.77. The second-order valence-corrected chi connectivity index (χ2v) is 5.30. The summed E-state index contributed by atoms with van der Waals surface area (Å²) >= 11 is 0. The fourth-order valence-corrected chi connectivity index (χ4v) is 2.67. The Morgan fingerprint density at radius 2 is 2.00 bits per heavy atom. The minimum atomic E-state index is 0.863. The number of benzene rings is 1. The molecule has 0 aromatic heterocycles. The number of aryl methyl sites for hydroxylation is 2. The Morgan fingerprint density at radius 1 is 1.24 bits per heavy atom. The van der Waals surface area contributed by atoms with Gasteiger partial charge in [-0.15, -0.1) is 0 Å². The van der Waals surface area contributed by atoms with Gasteiger partial charge >= 0.3 is 0 Å². The first kappa shape index (κ1) is 12.4. The molecule has 2 nitrogen and oxygen atoms in total. The van der Waals surface area contributed by atoms with Crippen molar-refractivity contribution in [3.8, 4) is 0 Å². The van der Waals surface area contributed by atoms with E-state index in [2.05, 4.69) is 42.7 Å². The Bertz CT molecular complexity index is 334. The second-order valence-electron chi connectivity index (χ2n) is 5.30. The summed E-state index contributed by atoms with van der Waals surface area (Å²) in [6.45, 7) is 7.82. The van der Waals surface area contributed by atoms with Crippen LogP contribution in [-0.2, 0) is 0 Å². The highest BCUT2D eigenvalue weighted by molar-refractivity contribution is 5.48. The minimum absolute atomic E-state index is 0.863. The van der Waals surface area contributed by atoms with Gasteiger partial charge in [0.2, 0.25) is 0 Å².